The number of amides is 1. The molecule has 1 aromatic heterocycles. The molecule has 1 rings (SSSR count). The van der Waals surface area contributed by atoms with Crippen LogP contribution in [-0.4, -0.2) is 31.2 Å². The Labute approximate surface area is 125 Å². The molecule has 20 heavy (non-hydrogen) atoms. The minimum atomic E-state index is -0.0848. The average molecular weight is 299 g/mol. The number of nitrogens with one attached hydrogen (secondary N) is 1. The lowest BCUT2D eigenvalue weighted by Crippen LogP contribution is -2.24. The van der Waals surface area contributed by atoms with E-state index in [1.165, 1.54) is 0 Å². The predicted octanol–water partition coefficient (Wildman–Crippen LogP) is 3.23. The minimum Gasteiger partial charge on any atom is -0.385 e. The van der Waals surface area contributed by atoms with Crippen LogP contribution >= 0.6 is 11.6 Å². The van der Waals surface area contributed by atoms with Gasteiger partial charge in [-0.1, -0.05) is 24.9 Å². The minimum absolute atomic E-state index is 0.0848. The normalized spacial score (nSPS) is 10.6. The maximum atomic E-state index is 12.0. The van der Waals surface area contributed by atoms with Crippen LogP contribution in [0.5, 0.6) is 0 Å². The summed E-state index contributed by atoms with van der Waals surface area (Å²) in [4.78, 5) is 16.2. The number of carbonyl (C=O) groups is 1. The Bertz CT molecular complexity index is 424. The zero-order chi connectivity index (χ0) is 14.8. The molecule has 5 heteroatoms. The van der Waals surface area contributed by atoms with Crippen molar-refractivity contribution in [3.63, 3.8) is 0 Å². The molecule has 0 atom stereocenters. The summed E-state index contributed by atoms with van der Waals surface area (Å²) in [6.45, 7) is 3.52. The number of rotatable bonds is 9. The summed E-state index contributed by atoms with van der Waals surface area (Å²) in [6.07, 6.45) is 4.84. The van der Waals surface area contributed by atoms with E-state index in [1.54, 1.807) is 13.2 Å². The molecule has 0 saturated carbocycles. The number of hydrogen-bond acceptors (Lipinski definition) is 3. The highest BCUT2D eigenvalue weighted by Crippen LogP contribution is 2.12. The Morgan fingerprint density at radius 3 is 2.85 bits per heavy atom. The standard InChI is InChI=1S/C15H23ClN2O2/c1-3-7-13-10-12(11-14(16)18-13)15(19)17-8-5-4-6-9-20-2/h10-11H,3-9H2,1-2H3,(H,17,19). The molecular weight excluding hydrogens is 276 g/mol. The van der Waals surface area contributed by atoms with Crippen molar-refractivity contribution in [1.29, 1.82) is 0 Å². The van der Waals surface area contributed by atoms with Crippen LogP contribution in [0.2, 0.25) is 5.15 Å². The number of methoxy groups -OCH3 is 1. The van der Waals surface area contributed by atoms with Crippen LogP contribution in [0.4, 0.5) is 0 Å². The van der Waals surface area contributed by atoms with Crippen molar-refractivity contribution in [2.24, 2.45) is 0 Å². The second-order valence-corrected chi connectivity index (χ2v) is 5.12. The number of hydrogen-bond donors (Lipinski definition) is 1. The van der Waals surface area contributed by atoms with E-state index in [4.69, 9.17) is 16.3 Å². The molecule has 112 valence electrons. The zero-order valence-electron chi connectivity index (χ0n) is 12.2. The number of pyridine rings is 1. The number of halogens is 1. The van der Waals surface area contributed by atoms with Crippen molar-refractivity contribution in [2.45, 2.75) is 39.0 Å². The van der Waals surface area contributed by atoms with Crippen LogP contribution in [0, 0.1) is 0 Å². The molecule has 0 spiro atoms. The van der Waals surface area contributed by atoms with Gasteiger partial charge in [0.1, 0.15) is 5.15 Å². The van der Waals surface area contributed by atoms with E-state index in [0.29, 0.717) is 17.3 Å². The number of aryl methyl sites for hydroxylation is 1. The van der Waals surface area contributed by atoms with Gasteiger partial charge in [0.15, 0.2) is 0 Å². The van der Waals surface area contributed by atoms with Gasteiger partial charge in [0.05, 0.1) is 0 Å². The summed E-state index contributed by atoms with van der Waals surface area (Å²) >= 11 is 5.94. The van der Waals surface area contributed by atoms with E-state index in [-0.39, 0.29) is 5.91 Å². The van der Waals surface area contributed by atoms with Gasteiger partial charge < -0.3 is 10.1 Å². The Kier molecular flexibility index (Phi) is 8.23. The third-order valence-electron chi connectivity index (χ3n) is 2.93. The Balaban J connectivity index is 2.42. The maximum absolute atomic E-state index is 12.0. The van der Waals surface area contributed by atoms with E-state index in [2.05, 4.69) is 17.2 Å². The lowest BCUT2D eigenvalue weighted by molar-refractivity contribution is 0.0952. The maximum Gasteiger partial charge on any atom is 0.251 e. The van der Waals surface area contributed by atoms with Crippen molar-refractivity contribution in [3.8, 4) is 0 Å². The smallest absolute Gasteiger partial charge is 0.251 e. The summed E-state index contributed by atoms with van der Waals surface area (Å²) in [5.74, 6) is -0.0848. The molecule has 0 aromatic carbocycles. The summed E-state index contributed by atoms with van der Waals surface area (Å²) in [7, 11) is 1.70. The van der Waals surface area contributed by atoms with Crippen LogP contribution in [-0.2, 0) is 11.2 Å². The van der Waals surface area contributed by atoms with E-state index >= 15 is 0 Å². The van der Waals surface area contributed by atoms with Crippen molar-refractivity contribution < 1.29 is 9.53 Å². The summed E-state index contributed by atoms with van der Waals surface area (Å²) < 4.78 is 4.98. The topological polar surface area (TPSA) is 51.2 Å². The van der Waals surface area contributed by atoms with Gasteiger partial charge in [-0.25, -0.2) is 4.98 Å². The van der Waals surface area contributed by atoms with Gasteiger partial charge in [-0.05, 0) is 37.8 Å². The molecule has 1 amide bonds. The van der Waals surface area contributed by atoms with Crippen molar-refractivity contribution in [2.75, 3.05) is 20.3 Å². The molecule has 1 N–H and O–H groups in total. The van der Waals surface area contributed by atoms with Crippen molar-refractivity contribution in [1.82, 2.24) is 10.3 Å². The van der Waals surface area contributed by atoms with E-state index < -0.39 is 0 Å². The molecule has 0 radical (unpaired) electrons. The monoisotopic (exact) mass is 298 g/mol. The Morgan fingerprint density at radius 1 is 1.35 bits per heavy atom. The number of ether oxygens (including phenoxy) is 1. The largest absolute Gasteiger partial charge is 0.385 e. The highest BCUT2D eigenvalue weighted by atomic mass is 35.5. The first-order chi connectivity index (χ1) is 9.67. The van der Waals surface area contributed by atoms with Crippen molar-refractivity contribution in [3.05, 3.63) is 28.5 Å². The molecule has 4 nitrogen and oxygen atoms in total. The highest BCUT2D eigenvalue weighted by molar-refractivity contribution is 6.29. The average Bonchev–Trinajstić information content (AvgIpc) is 2.42. The van der Waals surface area contributed by atoms with Crippen LogP contribution in [0.3, 0.4) is 0 Å². The SMILES string of the molecule is CCCc1cc(C(=O)NCCCCCOC)cc(Cl)n1. The summed E-state index contributed by atoms with van der Waals surface area (Å²) in [5, 5.41) is 3.28. The molecular formula is C15H23ClN2O2. The second-order valence-electron chi connectivity index (χ2n) is 4.73. The zero-order valence-corrected chi connectivity index (χ0v) is 13.0. The van der Waals surface area contributed by atoms with Crippen LogP contribution in [0.15, 0.2) is 12.1 Å². The third-order valence-corrected chi connectivity index (χ3v) is 3.12. The van der Waals surface area contributed by atoms with Gasteiger partial charge in [-0.3, -0.25) is 4.79 Å². The Morgan fingerprint density at radius 2 is 2.15 bits per heavy atom. The molecule has 1 heterocycles. The van der Waals surface area contributed by atoms with Gasteiger partial charge in [-0.15, -0.1) is 0 Å². The highest BCUT2D eigenvalue weighted by Gasteiger charge is 2.08. The third kappa shape index (κ3) is 6.35. The summed E-state index contributed by atoms with van der Waals surface area (Å²) in [5.41, 5.74) is 1.45. The molecule has 1 aromatic rings. The number of unbranched alkanes of at least 4 members (excludes halogenated alkanes) is 2. The van der Waals surface area contributed by atoms with Gasteiger partial charge in [-0.2, -0.15) is 0 Å². The van der Waals surface area contributed by atoms with Crippen LogP contribution in [0.25, 0.3) is 0 Å². The fourth-order valence-corrected chi connectivity index (χ4v) is 2.14. The molecule has 0 aliphatic carbocycles. The number of nitrogens with zero attached hydrogens (tertiary/aromatic N) is 1. The molecule has 0 bridgehead atoms. The molecule has 0 saturated heterocycles. The number of aromatic nitrogens is 1. The fraction of sp³-hybridized carbons (Fsp3) is 0.600. The Hall–Kier alpha value is -1.13. The summed E-state index contributed by atoms with van der Waals surface area (Å²) in [6, 6.07) is 3.43. The second kappa shape index (κ2) is 9.72. The van der Waals surface area contributed by atoms with Gasteiger partial charge in [0, 0.05) is 31.5 Å². The molecule has 0 aliphatic rings. The number of carbonyl (C=O) groups excluding carboxylic acids is 1. The lowest BCUT2D eigenvalue weighted by Gasteiger charge is -2.07. The fourth-order valence-electron chi connectivity index (χ4n) is 1.92. The quantitative estimate of drug-likeness (QED) is 0.562. The molecule has 0 aliphatic heterocycles. The van der Waals surface area contributed by atoms with Gasteiger partial charge in [0.2, 0.25) is 0 Å². The molecule has 0 fully saturated rings. The van der Waals surface area contributed by atoms with Crippen LogP contribution in [0.1, 0.15) is 48.7 Å². The van der Waals surface area contributed by atoms with E-state index in [1.807, 2.05) is 6.07 Å². The van der Waals surface area contributed by atoms with Crippen LogP contribution < -0.4 is 5.32 Å². The van der Waals surface area contributed by atoms with E-state index in [9.17, 15) is 4.79 Å². The van der Waals surface area contributed by atoms with Crippen molar-refractivity contribution >= 4 is 17.5 Å². The first kappa shape index (κ1) is 16.9. The first-order valence-electron chi connectivity index (χ1n) is 7.11. The van der Waals surface area contributed by atoms with Gasteiger partial charge in [0.25, 0.3) is 5.91 Å². The van der Waals surface area contributed by atoms with E-state index in [0.717, 1.165) is 44.4 Å². The predicted molar refractivity (Wildman–Crippen MR) is 81.3 cm³/mol. The van der Waals surface area contributed by atoms with Gasteiger partial charge >= 0.3 is 0 Å². The lowest BCUT2D eigenvalue weighted by atomic mass is 10.1. The molecule has 0 unspecified atom stereocenters. The first-order valence-corrected chi connectivity index (χ1v) is 7.48.